The molecule has 0 aliphatic rings. The van der Waals surface area contributed by atoms with Gasteiger partial charge >= 0.3 is 0 Å². The molecule has 0 atom stereocenters. The van der Waals surface area contributed by atoms with Gasteiger partial charge in [-0.2, -0.15) is 0 Å². The van der Waals surface area contributed by atoms with E-state index in [1.807, 2.05) is 0 Å². The SMILES string of the molecule is CN(c1ccccn1)S(=O)(=O)c1ccc(Cl)cc1N. The second-order valence-electron chi connectivity index (χ2n) is 3.84. The molecular formula is C12H12ClN3O2S. The van der Waals surface area contributed by atoms with Crippen molar-refractivity contribution in [3.05, 3.63) is 47.6 Å². The van der Waals surface area contributed by atoms with E-state index in [1.54, 1.807) is 18.2 Å². The van der Waals surface area contributed by atoms with Gasteiger partial charge in [-0.05, 0) is 30.3 Å². The van der Waals surface area contributed by atoms with Gasteiger partial charge in [-0.25, -0.2) is 13.4 Å². The lowest BCUT2D eigenvalue weighted by molar-refractivity contribution is 0.594. The Morgan fingerprint density at radius 1 is 1.26 bits per heavy atom. The third-order valence-electron chi connectivity index (χ3n) is 2.58. The van der Waals surface area contributed by atoms with Crippen molar-refractivity contribution in [3.63, 3.8) is 0 Å². The van der Waals surface area contributed by atoms with E-state index in [9.17, 15) is 8.42 Å². The van der Waals surface area contributed by atoms with Crippen molar-refractivity contribution in [2.75, 3.05) is 17.1 Å². The van der Waals surface area contributed by atoms with Crippen LogP contribution in [0.3, 0.4) is 0 Å². The molecule has 0 radical (unpaired) electrons. The highest BCUT2D eigenvalue weighted by molar-refractivity contribution is 7.93. The van der Waals surface area contributed by atoms with Crippen LogP contribution in [-0.4, -0.2) is 20.4 Å². The molecule has 0 amide bonds. The molecule has 1 aromatic carbocycles. The summed E-state index contributed by atoms with van der Waals surface area (Å²) in [5.41, 5.74) is 5.82. The molecule has 2 rings (SSSR count). The smallest absolute Gasteiger partial charge is 0.267 e. The minimum Gasteiger partial charge on any atom is -0.398 e. The van der Waals surface area contributed by atoms with Crippen LogP contribution in [-0.2, 0) is 10.0 Å². The first-order chi connectivity index (χ1) is 8.93. The first kappa shape index (κ1) is 13.6. The number of halogens is 1. The van der Waals surface area contributed by atoms with Gasteiger partial charge in [-0.1, -0.05) is 17.7 Å². The van der Waals surface area contributed by atoms with Crippen LogP contribution in [0.2, 0.25) is 5.02 Å². The fraction of sp³-hybridized carbons (Fsp3) is 0.0833. The summed E-state index contributed by atoms with van der Waals surface area (Å²) in [6.45, 7) is 0. The molecule has 2 N–H and O–H groups in total. The average molecular weight is 298 g/mol. The van der Waals surface area contributed by atoms with E-state index in [4.69, 9.17) is 17.3 Å². The van der Waals surface area contributed by atoms with Gasteiger partial charge in [-0.15, -0.1) is 0 Å². The maximum atomic E-state index is 12.4. The summed E-state index contributed by atoms with van der Waals surface area (Å²) in [6.07, 6.45) is 1.52. The highest BCUT2D eigenvalue weighted by Gasteiger charge is 2.24. The molecule has 0 aliphatic heterocycles. The topological polar surface area (TPSA) is 76.3 Å². The maximum absolute atomic E-state index is 12.4. The van der Waals surface area contributed by atoms with Crippen LogP contribution in [0.1, 0.15) is 0 Å². The Kier molecular flexibility index (Phi) is 3.64. The highest BCUT2D eigenvalue weighted by Crippen LogP contribution is 2.26. The number of rotatable bonds is 3. The first-order valence-electron chi connectivity index (χ1n) is 5.38. The number of benzene rings is 1. The van der Waals surface area contributed by atoms with Gasteiger partial charge in [-0.3, -0.25) is 4.31 Å². The summed E-state index contributed by atoms with van der Waals surface area (Å²) >= 11 is 5.76. The Morgan fingerprint density at radius 3 is 2.58 bits per heavy atom. The third-order valence-corrected chi connectivity index (χ3v) is 4.65. The summed E-state index contributed by atoms with van der Waals surface area (Å²) in [5, 5.41) is 0.386. The quantitative estimate of drug-likeness (QED) is 0.881. The Bertz CT molecular complexity index is 689. The van der Waals surface area contributed by atoms with Crippen LogP contribution in [0.25, 0.3) is 0 Å². The van der Waals surface area contributed by atoms with Gasteiger partial charge in [0.25, 0.3) is 10.0 Å². The standard InChI is InChI=1S/C12H12ClN3O2S/c1-16(12-4-2-3-7-15-12)19(17,18)11-6-5-9(13)8-10(11)14/h2-8H,14H2,1H3. The molecule has 0 unspecified atom stereocenters. The summed E-state index contributed by atoms with van der Waals surface area (Å²) in [4.78, 5) is 4.00. The van der Waals surface area contributed by atoms with Gasteiger partial charge in [0.15, 0.2) is 0 Å². The molecule has 2 aromatic rings. The van der Waals surface area contributed by atoms with Crippen molar-refractivity contribution in [1.82, 2.24) is 4.98 Å². The molecule has 0 fully saturated rings. The molecule has 19 heavy (non-hydrogen) atoms. The van der Waals surface area contributed by atoms with Gasteiger partial charge in [0.05, 0.1) is 5.69 Å². The Morgan fingerprint density at radius 2 is 2.00 bits per heavy atom. The van der Waals surface area contributed by atoms with E-state index in [1.165, 1.54) is 31.4 Å². The van der Waals surface area contributed by atoms with E-state index in [-0.39, 0.29) is 10.6 Å². The Hall–Kier alpha value is -1.79. The van der Waals surface area contributed by atoms with Crippen molar-refractivity contribution in [2.24, 2.45) is 0 Å². The number of pyridine rings is 1. The second-order valence-corrected chi connectivity index (χ2v) is 6.22. The summed E-state index contributed by atoms with van der Waals surface area (Å²) in [6, 6.07) is 9.29. The highest BCUT2D eigenvalue weighted by atomic mass is 35.5. The maximum Gasteiger partial charge on any atom is 0.267 e. The predicted molar refractivity (Wildman–Crippen MR) is 75.7 cm³/mol. The minimum absolute atomic E-state index is 0.00468. The summed E-state index contributed by atoms with van der Waals surface area (Å²) < 4.78 is 25.9. The predicted octanol–water partition coefficient (Wildman–Crippen LogP) is 2.14. The molecule has 100 valence electrons. The van der Waals surface area contributed by atoms with Crippen LogP contribution in [0, 0.1) is 0 Å². The molecule has 0 spiro atoms. The lowest BCUT2D eigenvalue weighted by atomic mass is 10.3. The molecular weight excluding hydrogens is 286 g/mol. The molecule has 5 nitrogen and oxygen atoms in total. The zero-order valence-corrected chi connectivity index (χ0v) is 11.7. The number of nitrogens with zero attached hydrogens (tertiary/aromatic N) is 2. The Labute approximate surface area is 116 Å². The zero-order valence-electron chi connectivity index (χ0n) is 10.1. The number of anilines is 2. The molecule has 1 aromatic heterocycles. The molecule has 0 saturated carbocycles. The number of hydrogen-bond donors (Lipinski definition) is 1. The normalized spacial score (nSPS) is 11.3. The fourth-order valence-corrected chi connectivity index (χ4v) is 2.99. The molecule has 0 bridgehead atoms. The lowest BCUT2D eigenvalue weighted by Gasteiger charge is -2.19. The van der Waals surface area contributed by atoms with Crippen LogP contribution < -0.4 is 10.0 Å². The number of aromatic nitrogens is 1. The van der Waals surface area contributed by atoms with E-state index in [2.05, 4.69) is 4.98 Å². The minimum atomic E-state index is -3.75. The number of nitrogen functional groups attached to an aromatic ring is 1. The monoisotopic (exact) mass is 297 g/mol. The fourth-order valence-electron chi connectivity index (χ4n) is 1.56. The number of sulfonamides is 1. The number of hydrogen-bond acceptors (Lipinski definition) is 4. The molecule has 0 aliphatic carbocycles. The van der Waals surface area contributed by atoms with E-state index >= 15 is 0 Å². The van der Waals surface area contributed by atoms with Crippen molar-refractivity contribution in [2.45, 2.75) is 4.90 Å². The van der Waals surface area contributed by atoms with Crippen molar-refractivity contribution >= 4 is 33.1 Å². The molecule has 1 heterocycles. The van der Waals surface area contributed by atoms with Crippen LogP contribution in [0.15, 0.2) is 47.5 Å². The average Bonchev–Trinajstić information content (AvgIpc) is 2.38. The molecule has 0 saturated heterocycles. The van der Waals surface area contributed by atoms with E-state index in [0.29, 0.717) is 10.8 Å². The van der Waals surface area contributed by atoms with Crippen LogP contribution in [0.4, 0.5) is 11.5 Å². The largest absolute Gasteiger partial charge is 0.398 e. The van der Waals surface area contributed by atoms with Gasteiger partial charge in [0.1, 0.15) is 10.7 Å². The van der Waals surface area contributed by atoms with Gasteiger partial charge in [0, 0.05) is 18.3 Å². The molecule has 7 heteroatoms. The zero-order chi connectivity index (χ0) is 14.0. The van der Waals surface area contributed by atoms with Crippen molar-refractivity contribution in [1.29, 1.82) is 0 Å². The van der Waals surface area contributed by atoms with E-state index < -0.39 is 10.0 Å². The lowest BCUT2D eigenvalue weighted by Crippen LogP contribution is -2.28. The van der Waals surface area contributed by atoms with E-state index in [0.717, 1.165) is 4.31 Å². The summed E-state index contributed by atoms with van der Waals surface area (Å²) in [5.74, 6) is 0.317. The van der Waals surface area contributed by atoms with Crippen molar-refractivity contribution in [3.8, 4) is 0 Å². The number of nitrogens with two attached hydrogens (primary N) is 1. The Balaban J connectivity index is 2.48. The van der Waals surface area contributed by atoms with Gasteiger partial charge < -0.3 is 5.73 Å². The second kappa shape index (κ2) is 5.07. The summed E-state index contributed by atoms with van der Waals surface area (Å²) in [7, 11) is -2.33. The third kappa shape index (κ3) is 2.64. The van der Waals surface area contributed by atoms with Crippen LogP contribution >= 0.6 is 11.6 Å². The first-order valence-corrected chi connectivity index (χ1v) is 7.20. The van der Waals surface area contributed by atoms with Crippen molar-refractivity contribution < 1.29 is 8.42 Å². The van der Waals surface area contributed by atoms with Gasteiger partial charge in [0.2, 0.25) is 0 Å². The van der Waals surface area contributed by atoms with Crippen LogP contribution in [0.5, 0.6) is 0 Å².